The fraction of sp³-hybridized carbons (Fsp3) is 0.690. The molecule has 0 atom stereocenters. The Balaban J connectivity index is 1.77. The molecule has 31 heavy (non-hydrogen) atoms. The number of aromatic nitrogens is 2. The van der Waals surface area contributed by atoms with Gasteiger partial charge in [0, 0.05) is 6.42 Å². The van der Waals surface area contributed by atoms with Gasteiger partial charge in [-0.25, -0.2) is 4.57 Å². The second-order valence-electron chi connectivity index (χ2n) is 9.31. The fourth-order valence-electron chi connectivity index (χ4n) is 4.58. The Labute approximate surface area is 193 Å². The van der Waals surface area contributed by atoms with Gasteiger partial charge >= 0.3 is 0 Å². The van der Waals surface area contributed by atoms with Crippen LogP contribution < -0.4 is 4.57 Å². The van der Waals surface area contributed by atoms with Gasteiger partial charge in [-0.3, -0.25) is 0 Å². The highest BCUT2D eigenvalue weighted by atomic mass is 15.1. The van der Waals surface area contributed by atoms with Crippen molar-refractivity contribution in [1.29, 1.82) is 0 Å². The van der Waals surface area contributed by atoms with Gasteiger partial charge in [-0.05, 0) is 31.4 Å². The predicted octanol–water partition coefficient (Wildman–Crippen LogP) is 8.59. The average Bonchev–Trinajstić information content (AvgIpc) is 3.20. The van der Waals surface area contributed by atoms with Crippen LogP contribution in [0, 0.1) is 0 Å². The number of aryl methyl sites for hydroxylation is 1. The zero-order chi connectivity index (χ0) is 22.0. The van der Waals surface area contributed by atoms with Gasteiger partial charge < -0.3 is 0 Å². The van der Waals surface area contributed by atoms with Crippen molar-refractivity contribution in [3.63, 3.8) is 0 Å². The summed E-state index contributed by atoms with van der Waals surface area (Å²) in [4.78, 5) is 0. The molecule has 0 aliphatic heterocycles. The second-order valence-corrected chi connectivity index (χ2v) is 9.31. The van der Waals surface area contributed by atoms with E-state index in [4.69, 9.17) is 0 Å². The van der Waals surface area contributed by atoms with Crippen LogP contribution in [0.5, 0.6) is 0 Å². The van der Waals surface area contributed by atoms with Gasteiger partial charge in [0.2, 0.25) is 0 Å². The molecule has 2 aromatic rings. The van der Waals surface area contributed by atoms with E-state index in [0.29, 0.717) is 0 Å². The quantitative estimate of drug-likeness (QED) is 0.157. The standard InChI is InChI=1S/C29H49N2/c1-3-5-7-9-11-12-13-14-16-21-25-30-26-27-31(28-22-18-17-19-23-28)29(30)24-20-15-10-8-6-4-2/h17-19,22-23,26-27H,3-16,20-21,24-25H2,1-2H3/q+1. The molecule has 0 saturated carbocycles. The van der Waals surface area contributed by atoms with E-state index in [1.807, 2.05) is 0 Å². The smallest absolute Gasteiger partial charge is 0.234 e. The Kier molecular flexibility index (Phi) is 14.1. The molecule has 0 aliphatic rings. The molecule has 0 radical (unpaired) electrons. The molecule has 1 aromatic heterocycles. The largest absolute Gasteiger partial charge is 0.261 e. The molecule has 174 valence electrons. The van der Waals surface area contributed by atoms with Crippen LogP contribution >= 0.6 is 0 Å². The summed E-state index contributed by atoms with van der Waals surface area (Å²) in [7, 11) is 0. The lowest BCUT2D eigenvalue weighted by atomic mass is 10.1. The molecule has 1 heterocycles. The van der Waals surface area contributed by atoms with Crippen LogP contribution in [0.25, 0.3) is 5.69 Å². The number of imidazole rings is 1. The molecule has 2 heteroatoms. The third kappa shape index (κ3) is 10.5. The maximum Gasteiger partial charge on any atom is 0.261 e. The minimum absolute atomic E-state index is 1.17. The number of hydrogen-bond acceptors (Lipinski definition) is 0. The Morgan fingerprint density at radius 3 is 1.71 bits per heavy atom. The highest BCUT2D eigenvalue weighted by Crippen LogP contribution is 2.14. The molecule has 2 rings (SSSR count). The number of rotatable bonds is 19. The van der Waals surface area contributed by atoms with Crippen LogP contribution in [0.2, 0.25) is 0 Å². The van der Waals surface area contributed by atoms with Crippen LogP contribution in [0.15, 0.2) is 42.7 Å². The van der Waals surface area contributed by atoms with Crippen molar-refractivity contribution in [2.24, 2.45) is 0 Å². The normalized spacial score (nSPS) is 11.3. The topological polar surface area (TPSA) is 8.81 Å². The van der Waals surface area contributed by atoms with Crippen molar-refractivity contribution >= 4 is 0 Å². The van der Waals surface area contributed by atoms with Crippen molar-refractivity contribution in [1.82, 2.24) is 4.57 Å². The zero-order valence-electron chi connectivity index (χ0n) is 20.7. The third-order valence-electron chi connectivity index (χ3n) is 6.55. The Bertz CT molecular complexity index is 659. The van der Waals surface area contributed by atoms with Gasteiger partial charge in [-0.2, -0.15) is 4.57 Å². The lowest BCUT2D eigenvalue weighted by Gasteiger charge is -2.06. The lowest BCUT2D eigenvalue weighted by molar-refractivity contribution is -0.704. The van der Waals surface area contributed by atoms with E-state index in [1.54, 1.807) is 0 Å². The summed E-state index contributed by atoms with van der Waals surface area (Å²) in [6.07, 6.45) is 28.0. The van der Waals surface area contributed by atoms with Crippen LogP contribution in [0.4, 0.5) is 0 Å². The Hall–Kier alpha value is -1.57. The first-order chi connectivity index (χ1) is 15.4. The first-order valence-corrected chi connectivity index (χ1v) is 13.5. The van der Waals surface area contributed by atoms with Gasteiger partial charge in [-0.1, -0.05) is 116 Å². The van der Waals surface area contributed by atoms with Crippen LogP contribution in [-0.2, 0) is 13.0 Å². The van der Waals surface area contributed by atoms with Crippen LogP contribution in [-0.4, -0.2) is 4.57 Å². The molecule has 0 fully saturated rings. The van der Waals surface area contributed by atoms with Crippen LogP contribution in [0.3, 0.4) is 0 Å². The van der Waals surface area contributed by atoms with Gasteiger partial charge in [-0.15, -0.1) is 0 Å². The zero-order valence-corrected chi connectivity index (χ0v) is 20.7. The first-order valence-electron chi connectivity index (χ1n) is 13.5. The highest BCUT2D eigenvalue weighted by Gasteiger charge is 2.18. The molecule has 1 aromatic carbocycles. The lowest BCUT2D eigenvalue weighted by Crippen LogP contribution is -2.37. The molecule has 0 amide bonds. The average molecular weight is 426 g/mol. The van der Waals surface area contributed by atoms with Crippen molar-refractivity contribution in [3.8, 4) is 5.69 Å². The number of unbranched alkanes of at least 4 members (excludes halogenated alkanes) is 14. The van der Waals surface area contributed by atoms with Gasteiger partial charge in [0.1, 0.15) is 18.1 Å². The summed E-state index contributed by atoms with van der Waals surface area (Å²) >= 11 is 0. The number of nitrogens with zero attached hydrogens (tertiary/aromatic N) is 2. The third-order valence-corrected chi connectivity index (χ3v) is 6.55. The maximum absolute atomic E-state index is 2.53. The van der Waals surface area contributed by atoms with E-state index in [2.05, 4.69) is 65.7 Å². The van der Waals surface area contributed by atoms with Crippen molar-refractivity contribution in [3.05, 3.63) is 48.5 Å². The number of para-hydroxylation sites is 1. The summed E-state index contributed by atoms with van der Waals surface area (Å²) < 4.78 is 4.95. The van der Waals surface area contributed by atoms with Gasteiger partial charge in [0.25, 0.3) is 5.82 Å². The minimum Gasteiger partial charge on any atom is -0.234 e. The van der Waals surface area contributed by atoms with Gasteiger partial charge in [0.05, 0.1) is 6.54 Å². The van der Waals surface area contributed by atoms with E-state index in [-0.39, 0.29) is 0 Å². The molecule has 0 spiro atoms. The van der Waals surface area contributed by atoms with Crippen molar-refractivity contribution in [2.45, 2.75) is 130 Å². The van der Waals surface area contributed by atoms with E-state index in [0.717, 1.165) is 0 Å². The molecular formula is C29H49N2+. The first kappa shape index (κ1) is 25.7. The van der Waals surface area contributed by atoms with E-state index in [1.165, 1.54) is 127 Å². The Morgan fingerprint density at radius 2 is 1.13 bits per heavy atom. The molecule has 0 bridgehead atoms. The molecule has 0 aliphatic carbocycles. The monoisotopic (exact) mass is 425 g/mol. The Morgan fingerprint density at radius 1 is 0.613 bits per heavy atom. The summed E-state index contributed by atoms with van der Waals surface area (Å²) in [6.45, 7) is 5.76. The van der Waals surface area contributed by atoms with Crippen molar-refractivity contribution in [2.75, 3.05) is 0 Å². The van der Waals surface area contributed by atoms with Crippen molar-refractivity contribution < 1.29 is 4.57 Å². The fourth-order valence-corrected chi connectivity index (χ4v) is 4.58. The maximum atomic E-state index is 2.53. The second kappa shape index (κ2) is 17.0. The predicted molar refractivity (Wildman–Crippen MR) is 135 cm³/mol. The molecule has 0 N–H and O–H groups in total. The molecule has 0 saturated heterocycles. The minimum atomic E-state index is 1.17. The molecule has 0 unspecified atom stereocenters. The van der Waals surface area contributed by atoms with E-state index >= 15 is 0 Å². The van der Waals surface area contributed by atoms with E-state index < -0.39 is 0 Å². The van der Waals surface area contributed by atoms with Gasteiger partial charge in [0.15, 0.2) is 0 Å². The number of hydrogen-bond donors (Lipinski definition) is 0. The number of benzene rings is 1. The summed E-state index contributed by atoms with van der Waals surface area (Å²) in [6, 6.07) is 10.9. The highest BCUT2D eigenvalue weighted by molar-refractivity contribution is 5.31. The molecular weight excluding hydrogens is 376 g/mol. The summed E-state index contributed by atoms with van der Waals surface area (Å²) in [5, 5.41) is 0. The molecule has 2 nitrogen and oxygen atoms in total. The van der Waals surface area contributed by atoms with E-state index in [9.17, 15) is 0 Å². The summed E-state index contributed by atoms with van der Waals surface area (Å²) in [5.41, 5.74) is 1.30. The van der Waals surface area contributed by atoms with Crippen LogP contribution in [0.1, 0.15) is 122 Å². The SMILES string of the molecule is CCCCCCCCCCCC[n+]1ccn(-c2ccccc2)c1CCCCCCCC. The summed E-state index contributed by atoms with van der Waals surface area (Å²) in [5.74, 6) is 1.48.